The van der Waals surface area contributed by atoms with Crippen LogP contribution in [0.1, 0.15) is 26.6 Å². The number of rotatable bonds is 4. The molecule has 0 aliphatic rings. The van der Waals surface area contributed by atoms with E-state index in [4.69, 9.17) is 22.4 Å². The number of thiazole rings is 1. The Hall–Kier alpha value is -2.38. The van der Waals surface area contributed by atoms with Gasteiger partial charge < -0.3 is 15.5 Å². The van der Waals surface area contributed by atoms with Crippen LogP contribution in [0.25, 0.3) is 5.69 Å². The maximum absolute atomic E-state index is 12.4. The summed E-state index contributed by atoms with van der Waals surface area (Å²) in [5.41, 5.74) is 9.28. The summed E-state index contributed by atoms with van der Waals surface area (Å²) < 4.78 is 7.51. The van der Waals surface area contributed by atoms with Crippen molar-refractivity contribution in [2.24, 2.45) is 0 Å². The number of hydrogen-bond donors (Lipinski definition) is 2. The van der Waals surface area contributed by atoms with Crippen LogP contribution in [0.3, 0.4) is 0 Å². The molecule has 3 N–H and O–H groups in total. The van der Waals surface area contributed by atoms with Crippen LogP contribution >= 0.6 is 23.6 Å². The minimum absolute atomic E-state index is 0.260. The summed E-state index contributed by atoms with van der Waals surface area (Å²) in [6, 6.07) is 9.63. The molecule has 24 heavy (non-hydrogen) atoms. The number of nitrogens with zero attached hydrogens (tertiary/aromatic N) is 1. The van der Waals surface area contributed by atoms with Crippen LogP contribution in [0.5, 0.6) is 0 Å². The Kier molecular flexibility index (Phi) is 4.55. The van der Waals surface area contributed by atoms with Crippen LogP contribution in [-0.4, -0.2) is 10.5 Å². The van der Waals surface area contributed by atoms with E-state index in [9.17, 15) is 4.79 Å². The van der Waals surface area contributed by atoms with Crippen LogP contribution in [0.15, 0.2) is 41.0 Å². The number of nitrogen functional groups attached to an aromatic ring is 1. The van der Waals surface area contributed by atoms with Gasteiger partial charge in [-0.05, 0) is 55.4 Å². The summed E-state index contributed by atoms with van der Waals surface area (Å²) in [5, 5.41) is 2.80. The molecule has 3 rings (SSSR count). The van der Waals surface area contributed by atoms with Crippen molar-refractivity contribution in [1.82, 2.24) is 9.88 Å². The van der Waals surface area contributed by atoms with Crippen LogP contribution in [0.4, 0.5) is 5.82 Å². The zero-order chi connectivity index (χ0) is 17.3. The van der Waals surface area contributed by atoms with Gasteiger partial charge in [0.25, 0.3) is 5.91 Å². The predicted octanol–water partition coefficient (Wildman–Crippen LogP) is 3.99. The number of nitrogens with one attached hydrogen (secondary N) is 1. The zero-order valence-electron chi connectivity index (χ0n) is 13.3. The molecule has 0 saturated carbocycles. The normalized spacial score (nSPS) is 10.8. The Labute approximate surface area is 148 Å². The van der Waals surface area contributed by atoms with Crippen molar-refractivity contribution < 1.29 is 9.21 Å². The molecule has 0 aliphatic heterocycles. The Bertz CT molecular complexity index is 939. The second-order valence-electron chi connectivity index (χ2n) is 5.47. The molecular weight excluding hydrogens is 342 g/mol. The molecule has 0 spiro atoms. The van der Waals surface area contributed by atoms with E-state index in [-0.39, 0.29) is 5.91 Å². The molecular formula is C17H17N3O2S2. The summed E-state index contributed by atoms with van der Waals surface area (Å²) in [6.07, 6.45) is 1.57. The minimum Gasteiger partial charge on any atom is -0.467 e. The fourth-order valence-electron chi connectivity index (χ4n) is 2.40. The molecule has 3 aromatic rings. The Morgan fingerprint density at radius 1 is 1.38 bits per heavy atom. The van der Waals surface area contributed by atoms with Gasteiger partial charge in [0.05, 0.1) is 18.5 Å². The van der Waals surface area contributed by atoms with Gasteiger partial charge in [-0.25, -0.2) is 0 Å². The molecule has 0 fully saturated rings. The fraction of sp³-hybridized carbons (Fsp3) is 0.176. The number of aryl methyl sites for hydroxylation is 2. The third kappa shape index (κ3) is 3.13. The van der Waals surface area contributed by atoms with E-state index in [2.05, 4.69) is 5.32 Å². The summed E-state index contributed by atoms with van der Waals surface area (Å²) in [6.45, 7) is 4.30. The second kappa shape index (κ2) is 6.62. The highest BCUT2D eigenvalue weighted by Crippen LogP contribution is 2.28. The molecule has 0 radical (unpaired) electrons. The van der Waals surface area contributed by atoms with Gasteiger partial charge in [0, 0.05) is 0 Å². The topological polar surface area (TPSA) is 73.2 Å². The Morgan fingerprint density at radius 2 is 2.17 bits per heavy atom. The van der Waals surface area contributed by atoms with Crippen LogP contribution < -0.4 is 11.1 Å². The van der Waals surface area contributed by atoms with E-state index in [1.54, 1.807) is 23.0 Å². The maximum atomic E-state index is 12.4. The molecule has 0 atom stereocenters. The monoisotopic (exact) mass is 359 g/mol. The van der Waals surface area contributed by atoms with Gasteiger partial charge in [0.15, 0.2) is 3.95 Å². The van der Waals surface area contributed by atoms with Crippen molar-refractivity contribution in [3.05, 3.63) is 62.3 Å². The molecule has 2 aromatic heterocycles. The number of aromatic nitrogens is 1. The molecule has 7 heteroatoms. The SMILES string of the molecule is Cc1ccc(C)c(-n2c(N)c(C(=O)NCc3ccco3)sc2=S)c1. The van der Waals surface area contributed by atoms with Crippen molar-refractivity contribution in [2.75, 3.05) is 5.73 Å². The van der Waals surface area contributed by atoms with E-state index >= 15 is 0 Å². The van der Waals surface area contributed by atoms with Crippen molar-refractivity contribution in [3.8, 4) is 5.69 Å². The fourth-order valence-corrected chi connectivity index (χ4v) is 3.67. The molecule has 1 aromatic carbocycles. The number of carbonyl (C=O) groups is 1. The summed E-state index contributed by atoms with van der Waals surface area (Å²) in [7, 11) is 0. The number of benzene rings is 1. The first-order chi connectivity index (χ1) is 11.5. The first-order valence-corrected chi connectivity index (χ1v) is 8.59. The van der Waals surface area contributed by atoms with Gasteiger partial charge >= 0.3 is 0 Å². The molecule has 1 amide bonds. The van der Waals surface area contributed by atoms with E-state index in [0.717, 1.165) is 16.8 Å². The number of carbonyl (C=O) groups excluding carboxylic acids is 1. The number of anilines is 1. The lowest BCUT2D eigenvalue weighted by Crippen LogP contribution is -2.22. The quantitative estimate of drug-likeness (QED) is 0.691. The van der Waals surface area contributed by atoms with Gasteiger partial charge in [0.2, 0.25) is 0 Å². The van der Waals surface area contributed by atoms with Crippen LogP contribution in [0.2, 0.25) is 0 Å². The van der Waals surface area contributed by atoms with Gasteiger partial charge in [-0.15, -0.1) is 0 Å². The number of nitrogens with two attached hydrogens (primary N) is 1. The maximum Gasteiger partial charge on any atom is 0.265 e. The smallest absolute Gasteiger partial charge is 0.265 e. The Morgan fingerprint density at radius 3 is 2.88 bits per heavy atom. The number of amides is 1. The summed E-state index contributed by atoms with van der Waals surface area (Å²) in [4.78, 5) is 12.8. The molecule has 0 unspecified atom stereocenters. The van der Waals surface area contributed by atoms with E-state index in [1.165, 1.54) is 11.3 Å². The largest absolute Gasteiger partial charge is 0.467 e. The Balaban J connectivity index is 1.93. The lowest BCUT2D eigenvalue weighted by Gasteiger charge is -2.10. The zero-order valence-corrected chi connectivity index (χ0v) is 15.0. The van der Waals surface area contributed by atoms with Crippen LogP contribution in [-0.2, 0) is 6.54 Å². The highest BCUT2D eigenvalue weighted by atomic mass is 32.1. The standard InChI is InChI=1S/C17H17N3O2S2/c1-10-5-6-11(2)13(8-10)20-15(18)14(24-17(20)23)16(21)19-9-12-4-3-7-22-12/h3-8H,9,18H2,1-2H3,(H,19,21). The van der Waals surface area contributed by atoms with Gasteiger partial charge in [-0.1, -0.05) is 23.5 Å². The first-order valence-electron chi connectivity index (χ1n) is 7.37. The lowest BCUT2D eigenvalue weighted by atomic mass is 10.1. The van der Waals surface area contributed by atoms with E-state index in [0.29, 0.717) is 27.0 Å². The van der Waals surface area contributed by atoms with Crippen molar-refractivity contribution in [1.29, 1.82) is 0 Å². The minimum atomic E-state index is -0.260. The lowest BCUT2D eigenvalue weighted by molar-refractivity contribution is 0.0952. The molecule has 5 nitrogen and oxygen atoms in total. The highest BCUT2D eigenvalue weighted by Gasteiger charge is 2.19. The second-order valence-corrected chi connectivity index (χ2v) is 7.11. The number of furan rings is 1. The van der Waals surface area contributed by atoms with E-state index in [1.807, 2.05) is 32.0 Å². The van der Waals surface area contributed by atoms with Crippen molar-refractivity contribution in [2.45, 2.75) is 20.4 Å². The van der Waals surface area contributed by atoms with Crippen molar-refractivity contribution in [3.63, 3.8) is 0 Å². The molecule has 124 valence electrons. The summed E-state index contributed by atoms with van der Waals surface area (Å²) >= 11 is 6.64. The van der Waals surface area contributed by atoms with Gasteiger partial charge in [-0.3, -0.25) is 9.36 Å². The molecule has 0 bridgehead atoms. The number of hydrogen-bond acceptors (Lipinski definition) is 5. The van der Waals surface area contributed by atoms with Crippen LogP contribution in [0, 0.1) is 17.8 Å². The third-order valence-corrected chi connectivity index (χ3v) is 5.05. The first kappa shape index (κ1) is 16.5. The molecule has 0 saturated heterocycles. The average molecular weight is 359 g/mol. The van der Waals surface area contributed by atoms with E-state index < -0.39 is 0 Å². The van der Waals surface area contributed by atoms with Gasteiger partial charge in [0.1, 0.15) is 16.5 Å². The summed E-state index contributed by atoms with van der Waals surface area (Å²) in [5.74, 6) is 0.777. The molecule has 0 aliphatic carbocycles. The van der Waals surface area contributed by atoms with Crippen molar-refractivity contribution >= 4 is 35.3 Å². The molecule has 2 heterocycles. The predicted molar refractivity (Wildman–Crippen MR) is 98.2 cm³/mol. The highest BCUT2D eigenvalue weighted by molar-refractivity contribution is 7.73. The van der Waals surface area contributed by atoms with Gasteiger partial charge in [-0.2, -0.15) is 0 Å². The average Bonchev–Trinajstić information content (AvgIpc) is 3.16. The third-order valence-electron chi connectivity index (χ3n) is 3.66.